The van der Waals surface area contributed by atoms with Gasteiger partial charge in [0.05, 0.1) is 37.5 Å². The van der Waals surface area contributed by atoms with Crippen molar-refractivity contribution in [2.24, 2.45) is 0 Å². The number of ketones is 3. The summed E-state index contributed by atoms with van der Waals surface area (Å²) in [6, 6.07) is -2.14. The molecule has 0 unspecified atom stereocenters. The number of nitrogens with one attached hydrogen (secondary N) is 3. The number of carboxylic acids is 3. The Hall–Kier alpha value is -0.478. The third-order valence-corrected chi connectivity index (χ3v) is 6.41. The summed E-state index contributed by atoms with van der Waals surface area (Å²) in [6.07, 6.45) is 7.15. The summed E-state index contributed by atoms with van der Waals surface area (Å²) in [5.74, 6) is -1.43. The van der Waals surface area contributed by atoms with Gasteiger partial charge in [0, 0.05) is 18.1 Å². The van der Waals surface area contributed by atoms with Crippen molar-refractivity contribution in [3.8, 4) is 0 Å². The number of carboxylic acid groups (broad SMARTS) is 3. The second kappa shape index (κ2) is 36.7. The van der Waals surface area contributed by atoms with Gasteiger partial charge < -0.3 is 45.7 Å². The molecule has 0 fully saturated rings. The van der Waals surface area contributed by atoms with Crippen LogP contribution in [0.5, 0.6) is 0 Å². The Morgan fingerprint density at radius 3 is 0.857 bits per heavy atom. The van der Waals surface area contributed by atoms with E-state index in [4.69, 9.17) is 0 Å². The average molecular weight is 710 g/mol. The van der Waals surface area contributed by atoms with Crippen LogP contribution in [0.1, 0.15) is 40.0 Å². The van der Waals surface area contributed by atoms with Crippen LogP contribution in [0.25, 0.3) is 0 Å². The molecule has 3 N–H and O–H groups in total. The number of thioether (sulfide) groups is 3. The molecule has 12 nitrogen and oxygen atoms in total. The van der Waals surface area contributed by atoms with Crippen LogP contribution in [-0.4, -0.2) is 126 Å². The summed E-state index contributed by atoms with van der Waals surface area (Å²) in [5, 5.41) is 39.5. The summed E-state index contributed by atoms with van der Waals surface area (Å²) in [4.78, 5) is 63.3. The van der Waals surface area contributed by atoms with Gasteiger partial charge in [0.15, 0.2) is 0 Å². The minimum absolute atomic E-state index is 0. The van der Waals surface area contributed by atoms with Crippen LogP contribution in [0.4, 0.5) is 0 Å². The molecule has 0 aliphatic carbocycles. The maximum atomic E-state index is 10.6. The van der Waals surface area contributed by atoms with Crippen LogP contribution in [-0.2, 0) is 28.8 Å². The SMILES string of the molecule is CSCC[C@H](NCC(C)=O)C(=O)[O-].CSCC[C@H](NCC(C)=O)C(=O)[O-].CSCC[C@H](NCC(C)=O)C(=O)[O-].Cl.S.[Al+3]. The Labute approximate surface area is 286 Å². The zero-order valence-electron chi connectivity index (χ0n) is 25.0. The largest absolute Gasteiger partial charge is 3.00 e. The molecule has 0 saturated carbocycles. The molecule has 0 aromatic carbocycles. The van der Waals surface area contributed by atoms with Crippen molar-refractivity contribution in [2.45, 2.75) is 58.2 Å². The zero-order chi connectivity index (χ0) is 30.8. The number of aliphatic carboxylic acids is 3. The molecule has 0 rings (SSSR count). The van der Waals surface area contributed by atoms with E-state index in [0.717, 1.165) is 17.3 Å². The van der Waals surface area contributed by atoms with Crippen LogP contribution in [0, 0.1) is 0 Å². The van der Waals surface area contributed by atoms with E-state index in [0.29, 0.717) is 19.3 Å². The third-order valence-electron chi connectivity index (χ3n) is 4.48. The normalized spacial score (nSPS) is 11.6. The Kier molecular flexibility index (Phi) is 47.2. The van der Waals surface area contributed by atoms with E-state index in [1.807, 2.05) is 18.8 Å². The second-order valence-corrected chi connectivity index (χ2v) is 11.2. The molecule has 0 spiro atoms. The van der Waals surface area contributed by atoms with E-state index in [1.54, 1.807) is 35.3 Å². The number of hydrogen-bond acceptors (Lipinski definition) is 15. The first-order chi connectivity index (χ1) is 18.2. The van der Waals surface area contributed by atoms with Crippen LogP contribution in [0.15, 0.2) is 0 Å². The first-order valence-electron chi connectivity index (χ1n) is 12.0. The van der Waals surface area contributed by atoms with Crippen LogP contribution >= 0.6 is 61.2 Å². The maximum absolute atomic E-state index is 10.6. The van der Waals surface area contributed by atoms with Gasteiger partial charge in [-0.3, -0.25) is 14.4 Å². The second-order valence-electron chi connectivity index (χ2n) is 8.21. The molecular weight excluding hydrogens is 665 g/mol. The smallest absolute Gasteiger partial charge is 0.548 e. The average Bonchev–Trinajstić information content (AvgIpc) is 2.83. The van der Waals surface area contributed by atoms with Crippen LogP contribution < -0.4 is 31.3 Å². The molecule has 244 valence electrons. The van der Waals surface area contributed by atoms with Crippen molar-refractivity contribution in [2.75, 3.05) is 55.7 Å². The molecule has 18 heteroatoms. The monoisotopic (exact) mass is 709 g/mol. The summed E-state index contributed by atoms with van der Waals surface area (Å²) in [5.41, 5.74) is 0. The Bertz CT molecular complexity index is 665. The molecule has 0 aliphatic rings. The fourth-order valence-corrected chi connectivity index (χ4v) is 3.83. The number of halogens is 1. The predicted molar refractivity (Wildman–Crippen MR) is 175 cm³/mol. The van der Waals surface area contributed by atoms with E-state index in [-0.39, 0.29) is 80.2 Å². The Morgan fingerprint density at radius 1 is 0.548 bits per heavy atom. The van der Waals surface area contributed by atoms with Gasteiger partial charge >= 0.3 is 17.4 Å². The Morgan fingerprint density at radius 2 is 0.738 bits per heavy atom. The molecule has 0 aromatic heterocycles. The summed E-state index contributed by atoms with van der Waals surface area (Å²) < 4.78 is 0. The van der Waals surface area contributed by atoms with Gasteiger partial charge in [-0.25, -0.2) is 0 Å². The molecule has 0 radical (unpaired) electrons. The number of carbonyl (C=O) groups excluding carboxylic acids is 6. The van der Waals surface area contributed by atoms with Gasteiger partial charge in [0.2, 0.25) is 0 Å². The van der Waals surface area contributed by atoms with E-state index in [2.05, 4.69) is 16.0 Å². The first-order valence-corrected chi connectivity index (χ1v) is 16.2. The van der Waals surface area contributed by atoms with Crippen molar-refractivity contribution in [1.82, 2.24) is 16.0 Å². The van der Waals surface area contributed by atoms with Gasteiger partial charge in [-0.2, -0.15) is 48.8 Å². The molecule has 0 saturated heterocycles. The molecule has 0 heterocycles. The van der Waals surface area contributed by atoms with Crippen LogP contribution in [0.2, 0.25) is 0 Å². The molecule has 0 bridgehead atoms. The third kappa shape index (κ3) is 39.5. The molecule has 0 aliphatic heterocycles. The van der Waals surface area contributed by atoms with E-state index >= 15 is 0 Å². The molecule has 42 heavy (non-hydrogen) atoms. The predicted octanol–water partition coefficient (Wildman–Crippen LogP) is -2.74. The van der Waals surface area contributed by atoms with Crippen molar-refractivity contribution in [3.05, 3.63) is 0 Å². The minimum atomic E-state index is -1.14. The molecule has 0 amide bonds. The quantitative estimate of drug-likeness (QED) is 0.103. The number of Topliss-reactive ketones (excluding diaryl/α,β-unsaturated/α-hetero) is 3. The standard InChI is InChI=1S/3C8H15NO3S.Al.ClH.H2S/c3*1-6(10)5-9-7(8(11)12)3-4-13-2;;;/h3*7,9H,3-5H2,1-2H3,(H,11,12);;1H;1H2/q;;;+3;;/p-3/t3*7-;;;/m000.../s1. The Balaban J connectivity index is -0.000000112. The van der Waals surface area contributed by atoms with Gasteiger partial charge in [-0.15, -0.1) is 12.4 Å². The number of hydrogen-bond donors (Lipinski definition) is 3. The van der Waals surface area contributed by atoms with Crippen molar-refractivity contribution < 1.29 is 44.1 Å². The topological polar surface area (TPSA) is 208 Å². The molecular formula is C24H45AlClN3O9S4. The summed E-state index contributed by atoms with van der Waals surface area (Å²) >= 11 is 4.70. The van der Waals surface area contributed by atoms with E-state index in [1.165, 1.54) is 20.8 Å². The van der Waals surface area contributed by atoms with Gasteiger partial charge in [0.1, 0.15) is 17.3 Å². The fraction of sp³-hybridized carbons (Fsp3) is 0.750. The fourth-order valence-electron chi connectivity index (χ4n) is 2.42. The van der Waals surface area contributed by atoms with E-state index < -0.39 is 36.0 Å². The van der Waals surface area contributed by atoms with Crippen molar-refractivity contribution >= 4 is 114 Å². The van der Waals surface area contributed by atoms with E-state index in [9.17, 15) is 44.1 Å². The number of rotatable bonds is 21. The number of carbonyl (C=O) groups is 6. The van der Waals surface area contributed by atoms with Gasteiger partial charge in [-0.1, -0.05) is 0 Å². The van der Waals surface area contributed by atoms with Crippen molar-refractivity contribution in [1.29, 1.82) is 0 Å². The van der Waals surface area contributed by atoms with Gasteiger partial charge in [-0.05, 0) is 76.1 Å². The first kappa shape index (κ1) is 54.0. The molecule has 0 aromatic rings. The summed E-state index contributed by atoms with van der Waals surface area (Å²) in [7, 11) is 0. The maximum Gasteiger partial charge on any atom is 3.00 e. The minimum Gasteiger partial charge on any atom is -0.548 e. The van der Waals surface area contributed by atoms with Crippen molar-refractivity contribution in [3.63, 3.8) is 0 Å². The van der Waals surface area contributed by atoms with Gasteiger partial charge in [0.25, 0.3) is 0 Å². The molecule has 3 atom stereocenters. The zero-order valence-corrected chi connectivity index (χ0v) is 30.4. The summed E-state index contributed by atoms with van der Waals surface area (Å²) in [6.45, 7) is 4.50. The van der Waals surface area contributed by atoms with Crippen LogP contribution in [0.3, 0.4) is 0 Å².